The van der Waals surface area contributed by atoms with Crippen LogP contribution >= 0.6 is 0 Å². The number of carbonyl (C=O) groups is 1. The Balaban J connectivity index is 2.54. The molecule has 15 heavy (non-hydrogen) atoms. The molecule has 2 N–H and O–H groups in total. The first-order valence-corrected chi connectivity index (χ1v) is 4.38. The number of carboxylic acids is 1. The molecule has 0 bridgehead atoms. The van der Waals surface area contributed by atoms with E-state index in [0.717, 1.165) is 0 Å². The topological polar surface area (TPSA) is 78.9 Å². The summed E-state index contributed by atoms with van der Waals surface area (Å²) in [6.07, 6.45) is 4.66. The summed E-state index contributed by atoms with van der Waals surface area (Å²) in [6.45, 7) is 1.76. The van der Waals surface area contributed by atoms with E-state index < -0.39 is 5.97 Å². The molecule has 0 saturated heterocycles. The summed E-state index contributed by atoms with van der Waals surface area (Å²) >= 11 is 0. The second-order valence-corrected chi connectivity index (χ2v) is 3.08. The normalized spacial score (nSPS) is 10.2. The van der Waals surface area contributed by atoms with Crippen molar-refractivity contribution in [2.24, 2.45) is 0 Å². The second-order valence-electron chi connectivity index (χ2n) is 3.08. The average Bonchev–Trinajstić information content (AvgIpc) is 2.65. The van der Waals surface area contributed by atoms with Crippen molar-refractivity contribution in [1.82, 2.24) is 15.0 Å². The van der Waals surface area contributed by atoms with E-state index in [0.29, 0.717) is 17.1 Å². The Morgan fingerprint density at radius 3 is 2.93 bits per heavy atom. The summed E-state index contributed by atoms with van der Waals surface area (Å²) in [6, 6.07) is 1.68. The highest BCUT2D eigenvalue weighted by Gasteiger charge is 2.13. The molecule has 76 valence electrons. The van der Waals surface area contributed by atoms with E-state index >= 15 is 0 Å². The fraction of sp³-hybridized carbons (Fsp3) is 0.100. The molecule has 0 atom stereocenters. The van der Waals surface area contributed by atoms with Crippen LogP contribution in [0, 0.1) is 6.92 Å². The van der Waals surface area contributed by atoms with E-state index in [9.17, 15) is 4.79 Å². The van der Waals surface area contributed by atoms with E-state index in [2.05, 4.69) is 15.0 Å². The van der Waals surface area contributed by atoms with Gasteiger partial charge in [0.15, 0.2) is 0 Å². The van der Waals surface area contributed by atoms with Crippen LogP contribution in [0.1, 0.15) is 16.2 Å². The molecule has 5 heteroatoms. The zero-order valence-corrected chi connectivity index (χ0v) is 8.06. The van der Waals surface area contributed by atoms with Crippen LogP contribution in [-0.4, -0.2) is 26.0 Å². The molecule has 2 rings (SSSR count). The van der Waals surface area contributed by atoms with Gasteiger partial charge in [-0.2, -0.15) is 0 Å². The number of nitrogens with zero attached hydrogens (tertiary/aromatic N) is 2. The quantitative estimate of drug-likeness (QED) is 0.774. The van der Waals surface area contributed by atoms with Crippen LogP contribution in [0.15, 0.2) is 24.7 Å². The molecule has 0 aliphatic carbocycles. The van der Waals surface area contributed by atoms with Gasteiger partial charge in [-0.1, -0.05) is 0 Å². The smallest absolute Gasteiger partial charge is 0.337 e. The average molecular weight is 203 g/mol. The summed E-state index contributed by atoms with van der Waals surface area (Å²) in [5, 5.41) is 8.92. The van der Waals surface area contributed by atoms with Crippen LogP contribution in [-0.2, 0) is 0 Å². The highest BCUT2D eigenvalue weighted by molar-refractivity contribution is 5.95. The molecule has 0 radical (unpaired) electrons. The van der Waals surface area contributed by atoms with Gasteiger partial charge >= 0.3 is 5.97 Å². The van der Waals surface area contributed by atoms with E-state index in [1.165, 1.54) is 6.20 Å². The molecule has 0 aromatic carbocycles. The van der Waals surface area contributed by atoms with Crippen LogP contribution in [0.5, 0.6) is 0 Å². The molecule has 5 nitrogen and oxygen atoms in total. The van der Waals surface area contributed by atoms with E-state index in [4.69, 9.17) is 5.11 Å². The number of aromatic amines is 1. The maximum absolute atomic E-state index is 10.9. The Hall–Kier alpha value is -2.17. The third kappa shape index (κ3) is 1.71. The first kappa shape index (κ1) is 9.39. The minimum Gasteiger partial charge on any atom is -0.478 e. The van der Waals surface area contributed by atoms with Crippen molar-refractivity contribution in [3.05, 3.63) is 36.0 Å². The maximum atomic E-state index is 10.9. The lowest BCUT2D eigenvalue weighted by Gasteiger charge is -1.99. The van der Waals surface area contributed by atoms with E-state index in [1.807, 2.05) is 0 Å². The van der Waals surface area contributed by atoms with Crippen molar-refractivity contribution in [2.75, 3.05) is 0 Å². The molecular weight excluding hydrogens is 194 g/mol. The molecule has 0 fully saturated rings. The van der Waals surface area contributed by atoms with E-state index in [1.54, 1.807) is 25.4 Å². The van der Waals surface area contributed by atoms with Gasteiger partial charge < -0.3 is 10.1 Å². The zero-order chi connectivity index (χ0) is 10.8. The summed E-state index contributed by atoms with van der Waals surface area (Å²) in [4.78, 5) is 21.8. The molecule has 2 heterocycles. The number of aromatic nitrogens is 3. The van der Waals surface area contributed by atoms with E-state index in [-0.39, 0.29) is 5.56 Å². The van der Waals surface area contributed by atoms with Crippen molar-refractivity contribution in [1.29, 1.82) is 0 Å². The number of carboxylic acid groups (broad SMARTS) is 1. The Labute approximate surface area is 85.8 Å². The largest absolute Gasteiger partial charge is 0.478 e. The van der Waals surface area contributed by atoms with Crippen molar-refractivity contribution >= 4 is 5.97 Å². The number of hydrogen-bond donors (Lipinski definition) is 2. The molecule has 0 aliphatic heterocycles. The standard InChI is InChI=1S/C10H9N3O2/c1-6-12-3-2-9(13-6)7-4-11-5-8(7)10(14)15/h2-5,11H,1H3,(H,14,15). The monoisotopic (exact) mass is 203 g/mol. The van der Waals surface area contributed by atoms with Gasteiger partial charge in [-0.05, 0) is 13.0 Å². The van der Waals surface area contributed by atoms with Crippen LogP contribution in [0.4, 0.5) is 0 Å². The summed E-state index contributed by atoms with van der Waals surface area (Å²) in [5.74, 6) is -0.354. The van der Waals surface area contributed by atoms with Gasteiger partial charge in [0, 0.05) is 24.2 Å². The Bertz CT molecular complexity index is 505. The molecule has 0 aliphatic rings. The number of hydrogen-bond acceptors (Lipinski definition) is 3. The molecular formula is C10H9N3O2. The lowest BCUT2D eigenvalue weighted by atomic mass is 10.1. The van der Waals surface area contributed by atoms with Crippen molar-refractivity contribution in [3.63, 3.8) is 0 Å². The number of H-pyrrole nitrogens is 1. The van der Waals surface area contributed by atoms with Gasteiger partial charge in [0.2, 0.25) is 0 Å². The van der Waals surface area contributed by atoms with Crippen LogP contribution in [0.2, 0.25) is 0 Å². The molecule has 0 saturated carbocycles. The first-order chi connectivity index (χ1) is 7.18. The van der Waals surface area contributed by atoms with Gasteiger partial charge in [-0.15, -0.1) is 0 Å². The summed E-state index contributed by atoms with van der Waals surface area (Å²) < 4.78 is 0. The predicted molar refractivity (Wildman–Crippen MR) is 53.5 cm³/mol. The summed E-state index contributed by atoms with van der Waals surface area (Å²) in [5.41, 5.74) is 1.40. The number of rotatable bonds is 2. The second kappa shape index (κ2) is 3.53. The lowest BCUT2D eigenvalue weighted by Crippen LogP contribution is -1.98. The van der Waals surface area contributed by atoms with Gasteiger partial charge in [-0.25, -0.2) is 14.8 Å². The highest BCUT2D eigenvalue weighted by Crippen LogP contribution is 2.20. The maximum Gasteiger partial charge on any atom is 0.337 e. The number of aryl methyl sites for hydroxylation is 1. The minimum absolute atomic E-state index is 0.216. The van der Waals surface area contributed by atoms with Crippen molar-refractivity contribution in [2.45, 2.75) is 6.92 Å². The fourth-order valence-corrected chi connectivity index (χ4v) is 1.36. The molecule has 0 spiro atoms. The van der Waals surface area contributed by atoms with Gasteiger partial charge in [-0.3, -0.25) is 0 Å². The van der Waals surface area contributed by atoms with Crippen molar-refractivity contribution in [3.8, 4) is 11.3 Å². The number of aromatic carboxylic acids is 1. The van der Waals surface area contributed by atoms with Crippen LogP contribution in [0.25, 0.3) is 11.3 Å². The number of nitrogens with one attached hydrogen (secondary N) is 1. The Morgan fingerprint density at radius 1 is 1.47 bits per heavy atom. The zero-order valence-electron chi connectivity index (χ0n) is 8.06. The summed E-state index contributed by atoms with van der Waals surface area (Å²) in [7, 11) is 0. The Morgan fingerprint density at radius 2 is 2.27 bits per heavy atom. The minimum atomic E-state index is -0.970. The SMILES string of the molecule is Cc1nccc(-c2c[nH]cc2C(=O)O)n1. The van der Waals surface area contributed by atoms with Gasteiger partial charge in [0.05, 0.1) is 11.3 Å². The fourth-order valence-electron chi connectivity index (χ4n) is 1.36. The molecule has 0 amide bonds. The van der Waals surface area contributed by atoms with Gasteiger partial charge in [0.25, 0.3) is 0 Å². The highest BCUT2D eigenvalue weighted by atomic mass is 16.4. The Kier molecular flexibility index (Phi) is 2.21. The first-order valence-electron chi connectivity index (χ1n) is 4.38. The molecule has 2 aromatic rings. The molecule has 0 unspecified atom stereocenters. The molecule has 2 aromatic heterocycles. The third-order valence-corrected chi connectivity index (χ3v) is 2.03. The third-order valence-electron chi connectivity index (χ3n) is 2.03. The van der Waals surface area contributed by atoms with Gasteiger partial charge in [0.1, 0.15) is 5.82 Å². The lowest BCUT2D eigenvalue weighted by molar-refractivity contribution is 0.0698. The predicted octanol–water partition coefficient (Wildman–Crippen LogP) is 1.48. The van der Waals surface area contributed by atoms with Crippen LogP contribution in [0.3, 0.4) is 0 Å². The van der Waals surface area contributed by atoms with Crippen molar-refractivity contribution < 1.29 is 9.90 Å². The van der Waals surface area contributed by atoms with Crippen LogP contribution < -0.4 is 0 Å².